The number of carbonyl (C=O) groups excluding carboxylic acids is 1. The Bertz CT molecular complexity index is 908. The van der Waals surface area contributed by atoms with E-state index in [1.807, 2.05) is 37.3 Å². The number of ether oxygens (including phenoxy) is 1. The Kier molecular flexibility index (Phi) is 7.30. The van der Waals surface area contributed by atoms with Gasteiger partial charge in [0.25, 0.3) is 5.91 Å². The number of piperazine rings is 1. The minimum absolute atomic E-state index is 0.00738. The lowest BCUT2D eigenvalue weighted by Crippen LogP contribution is -2.44. The summed E-state index contributed by atoms with van der Waals surface area (Å²) in [4.78, 5) is 17.0. The van der Waals surface area contributed by atoms with Gasteiger partial charge in [-0.1, -0.05) is 0 Å². The van der Waals surface area contributed by atoms with Crippen LogP contribution in [0, 0.1) is 11.3 Å². The molecule has 0 aromatic heterocycles. The topological polar surface area (TPSA) is 80.6 Å². The van der Waals surface area contributed by atoms with Crippen LogP contribution in [0.2, 0.25) is 0 Å². The molecular weight excluding hydrogens is 378 g/mol. The number of hydrogen-bond donors (Lipinski definition) is 2. The van der Waals surface area contributed by atoms with Crippen LogP contribution < -0.4 is 20.3 Å². The van der Waals surface area contributed by atoms with Gasteiger partial charge in [-0.2, -0.15) is 5.26 Å². The molecule has 2 N–H and O–H groups in total. The van der Waals surface area contributed by atoms with Crippen LogP contribution in [0.4, 0.5) is 17.1 Å². The van der Waals surface area contributed by atoms with Gasteiger partial charge in [-0.15, -0.1) is 0 Å². The molecule has 0 spiro atoms. The molecule has 1 heterocycles. The lowest BCUT2D eigenvalue weighted by molar-refractivity contribution is -0.112. The van der Waals surface area contributed by atoms with Crippen LogP contribution in [-0.4, -0.2) is 50.6 Å². The third-order valence-corrected chi connectivity index (χ3v) is 4.91. The third-order valence-electron chi connectivity index (χ3n) is 4.91. The van der Waals surface area contributed by atoms with E-state index in [0.29, 0.717) is 12.3 Å². The normalized spacial score (nSPS) is 14.7. The summed E-state index contributed by atoms with van der Waals surface area (Å²) in [6.07, 6.45) is 1.43. The Morgan fingerprint density at radius 3 is 2.30 bits per heavy atom. The molecule has 1 fully saturated rings. The highest BCUT2D eigenvalue weighted by Crippen LogP contribution is 2.20. The van der Waals surface area contributed by atoms with Gasteiger partial charge in [0.1, 0.15) is 17.4 Å². The zero-order chi connectivity index (χ0) is 21.3. The molecule has 1 saturated heterocycles. The van der Waals surface area contributed by atoms with Crippen molar-refractivity contribution < 1.29 is 9.53 Å². The quantitative estimate of drug-likeness (QED) is 0.543. The van der Waals surface area contributed by atoms with Crippen molar-refractivity contribution in [3.8, 4) is 11.8 Å². The first-order valence-corrected chi connectivity index (χ1v) is 10.0. The van der Waals surface area contributed by atoms with Crippen LogP contribution in [0.1, 0.15) is 6.92 Å². The van der Waals surface area contributed by atoms with Crippen LogP contribution in [0.5, 0.6) is 5.75 Å². The first kappa shape index (κ1) is 21.2. The molecule has 0 unspecified atom stereocenters. The first-order chi connectivity index (χ1) is 14.6. The van der Waals surface area contributed by atoms with Gasteiger partial charge in [0.2, 0.25) is 0 Å². The average Bonchev–Trinajstić information content (AvgIpc) is 2.77. The van der Waals surface area contributed by atoms with Crippen molar-refractivity contribution in [2.45, 2.75) is 6.92 Å². The molecule has 2 aromatic carbocycles. The van der Waals surface area contributed by atoms with Crippen LogP contribution in [-0.2, 0) is 4.79 Å². The largest absolute Gasteiger partial charge is 0.494 e. The van der Waals surface area contributed by atoms with E-state index in [2.05, 4.69) is 27.5 Å². The Morgan fingerprint density at radius 2 is 1.70 bits per heavy atom. The molecule has 156 valence electrons. The zero-order valence-electron chi connectivity index (χ0n) is 17.4. The second-order valence-corrected chi connectivity index (χ2v) is 7.06. The number of carbonyl (C=O) groups is 1. The molecule has 3 rings (SSSR count). The van der Waals surface area contributed by atoms with Gasteiger partial charge in [0.05, 0.1) is 6.61 Å². The molecule has 0 radical (unpaired) electrons. The Hall–Kier alpha value is -3.50. The van der Waals surface area contributed by atoms with E-state index in [4.69, 9.17) is 4.74 Å². The number of anilines is 3. The van der Waals surface area contributed by atoms with Crippen molar-refractivity contribution in [3.63, 3.8) is 0 Å². The van der Waals surface area contributed by atoms with Gasteiger partial charge >= 0.3 is 0 Å². The maximum atomic E-state index is 12.4. The van der Waals surface area contributed by atoms with Gasteiger partial charge in [-0.05, 0) is 62.5 Å². The van der Waals surface area contributed by atoms with Gasteiger partial charge in [0.15, 0.2) is 0 Å². The van der Waals surface area contributed by atoms with Crippen LogP contribution in [0.25, 0.3) is 0 Å². The van der Waals surface area contributed by atoms with Gasteiger partial charge in [-0.3, -0.25) is 4.79 Å². The van der Waals surface area contributed by atoms with E-state index in [0.717, 1.165) is 37.6 Å². The minimum Gasteiger partial charge on any atom is -0.494 e. The molecule has 0 bridgehead atoms. The Labute approximate surface area is 177 Å². The number of likely N-dealkylation sites (N-methyl/N-ethyl adjacent to an activating group) is 1. The van der Waals surface area contributed by atoms with E-state index in [-0.39, 0.29) is 5.57 Å². The summed E-state index contributed by atoms with van der Waals surface area (Å²) >= 11 is 0. The predicted octanol–water partition coefficient (Wildman–Crippen LogP) is 3.30. The number of benzene rings is 2. The summed E-state index contributed by atoms with van der Waals surface area (Å²) in [5.74, 6) is 0.261. The Morgan fingerprint density at radius 1 is 1.07 bits per heavy atom. The number of amides is 1. The fraction of sp³-hybridized carbons (Fsp3) is 0.304. The third kappa shape index (κ3) is 5.75. The molecule has 0 saturated carbocycles. The maximum Gasteiger partial charge on any atom is 0.267 e. The summed E-state index contributed by atoms with van der Waals surface area (Å²) < 4.78 is 5.38. The molecule has 0 atom stereocenters. The summed E-state index contributed by atoms with van der Waals surface area (Å²) in [5.41, 5.74) is 2.58. The van der Waals surface area contributed by atoms with Crippen molar-refractivity contribution >= 4 is 23.0 Å². The van der Waals surface area contributed by atoms with Gasteiger partial charge in [-0.25, -0.2) is 0 Å². The second-order valence-electron chi connectivity index (χ2n) is 7.06. The summed E-state index contributed by atoms with van der Waals surface area (Å²) in [6, 6.07) is 17.0. The van der Waals surface area contributed by atoms with Crippen molar-refractivity contribution in [1.82, 2.24) is 4.90 Å². The van der Waals surface area contributed by atoms with E-state index >= 15 is 0 Å². The van der Waals surface area contributed by atoms with Gasteiger partial charge < -0.3 is 25.2 Å². The zero-order valence-corrected chi connectivity index (χ0v) is 17.4. The van der Waals surface area contributed by atoms with E-state index < -0.39 is 5.91 Å². The minimum atomic E-state index is -0.469. The van der Waals surface area contributed by atoms with Crippen LogP contribution in [0.3, 0.4) is 0 Å². The molecule has 30 heavy (non-hydrogen) atoms. The predicted molar refractivity (Wildman–Crippen MR) is 120 cm³/mol. The number of nitrogens with zero attached hydrogens (tertiary/aromatic N) is 3. The lowest BCUT2D eigenvalue weighted by atomic mass is 10.2. The number of hydrogen-bond acceptors (Lipinski definition) is 6. The monoisotopic (exact) mass is 405 g/mol. The first-order valence-electron chi connectivity index (χ1n) is 10.0. The summed E-state index contributed by atoms with van der Waals surface area (Å²) in [6.45, 7) is 6.61. The smallest absolute Gasteiger partial charge is 0.267 e. The van der Waals surface area contributed by atoms with E-state index in [9.17, 15) is 10.1 Å². The highest BCUT2D eigenvalue weighted by atomic mass is 16.5. The number of nitrogens with one attached hydrogen (secondary N) is 2. The second kappa shape index (κ2) is 10.3. The molecular formula is C23H27N5O2. The fourth-order valence-electron chi connectivity index (χ4n) is 3.14. The fourth-order valence-corrected chi connectivity index (χ4v) is 3.14. The SMILES string of the molecule is CCOc1ccc(NC(=O)/C(C#N)=C\Nc2ccc(N3CCN(C)CC3)cc2)cc1. The molecule has 0 aliphatic carbocycles. The average molecular weight is 406 g/mol. The molecule has 1 aliphatic heterocycles. The summed E-state index contributed by atoms with van der Waals surface area (Å²) in [5, 5.41) is 15.1. The number of nitriles is 1. The van der Waals surface area contributed by atoms with Crippen molar-refractivity contribution in [2.75, 3.05) is 55.4 Å². The van der Waals surface area contributed by atoms with Crippen molar-refractivity contribution in [2.24, 2.45) is 0 Å². The summed E-state index contributed by atoms with van der Waals surface area (Å²) in [7, 11) is 2.13. The molecule has 2 aromatic rings. The van der Waals surface area contributed by atoms with Crippen LogP contribution >= 0.6 is 0 Å². The van der Waals surface area contributed by atoms with Crippen molar-refractivity contribution in [1.29, 1.82) is 5.26 Å². The standard InChI is InChI=1S/C23H27N5O2/c1-3-30-22-10-6-20(7-11-22)26-23(29)18(16-24)17-25-19-4-8-21(9-5-19)28-14-12-27(2)13-15-28/h4-11,17,25H,3,12-15H2,1-2H3,(H,26,29)/b18-17-. The van der Waals surface area contributed by atoms with Crippen molar-refractivity contribution in [3.05, 3.63) is 60.3 Å². The molecule has 1 aliphatic rings. The van der Waals surface area contributed by atoms with E-state index in [1.165, 1.54) is 11.9 Å². The van der Waals surface area contributed by atoms with Crippen LogP contribution in [0.15, 0.2) is 60.3 Å². The number of rotatable bonds is 7. The van der Waals surface area contributed by atoms with Gasteiger partial charge in [0, 0.05) is 49.4 Å². The Balaban J connectivity index is 1.57. The highest BCUT2D eigenvalue weighted by Gasteiger charge is 2.14. The molecule has 7 nitrogen and oxygen atoms in total. The maximum absolute atomic E-state index is 12.4. The highest BCUT2D eigenvalue weighted by molar-refractivity contribution is 6.06. The molecule has 1 amide bonds. The molecule has 7 heteroatoms. The lowest BCUT2D eigenvalue weighted by Gasteiger charge is -2.34. The van der Waals surface area contributed by atoms with E-state index in [1.54, 1.807) is 24.3 Å².